The number of carbonyl (C=O) groups is 1. The summed E-state index contributed by atoms with van der Waals surface area (Å²) >= 11 is 0. The Morgan fingerprint density at radius 2 is 1.56 bits per heavy atom. The van der Waals surface area contributed by atoms with E-state index in [9.17, 15) is 14.4 Å². The van der Waals surface area contributed by atoms with Gasteiger partial charge in [-0.3, -0.25) is 24.6 Å². The molecule has 7 heteroatoms. The van der Waals surface area contributed by atoms with Crippen molar-refractivity contribution in [3.63, 3.8) is 0 Å². The molecule has 1 aromatic carbocycles. The van der Waals surface area contributed by atoms with Gasteiger partial charge in [-0.15, -0.1) is 0 Å². The minimum atomic E-state index is -0.423. The zero-order valence-corrected chi connectivity index (χ0v) is 14.9. The second kappa shape index (κ2) is 5.84. The number of hydrogen-bond acceptors (Lipinski definition) is 4. The van der Waals surface area contributed by atoms with Gasteiger partial charge in [0.1, 0.15) is 0 Å². The third-order valence-electron chi connectivity index (χ3n) is 4.59. The number of piperidine rings is 1. The second-order valence-corrected chi connectivity index (χ2v) is 8.14. The highest BCUT2D eigenvalue weighted by molar-refractivity contribution is 5.98. The quantitative estimate of drug-likeness (QED) is 0.658. The van der Waals surface area contributed by atoms with Gasteiger partial charge in [0, 0.05) is 22.7 Å². The van der Waals surface area contributed by atoms with Gasteiger partial charge >= 0.3 is 0 Å². The van der Waals surface area contributed by atoms with Gasteiger partial charge in [-0.25, -0.2) is 0 Å². The Labute approximate surface area is 145 Å². The van der Waals surface area contributed by atoms with Crippen LogP contribution >= 0.6 is 0 Å². The molecule has 0 spiro atoms. The number of benzene rings is 1. The molecule has 0 unspecified atom stereocenters. The number of aromatic nitrogens is 2. The van der Waals surface area contributed by atoms with E-state index in [1.54, 1.807) is 6.07 Å². The SMILES string of the molecule is CC1(C)CC(NC(=O)c2ccc3c(=O)[nH][nH]c(=O)c3c2)CC(C)(C)N1. The molecule has 1 aliphatic heterocycles. The van der Waals surface area contributed by atoms with Crippen LogP contribution in [0.25, 0.3) is 10.8 Å². The predicted octanol–water partition coefficient (Wildman–Crippen LogP) is 1.26. The molecule has 2 aromatic rings. The first kappa shape index (κ1) is 17.4. The highest BCUT2D eigenvalue weighted by Crippen LogP contribution is 2.28. The zero-order valence-electron chi connectivity index (χ0n) is 14.9. The Morgan fingerprint density at radius 3 is 2.16 bits per heavy atom. The molecule has 4 N–H and O–H groups in total. The lowest BCUT2D eigenvalue weighted by atomic mass is 9.79. The number of fused-ring (bicyclic) bond motifs is 1. The summed E-state index contributed by atoms with van der Waals surface area (Å²) in [7, 11) is 0. The van der Waals surface area contributed by atoms with Gasteiger partial charge in [0.15, 0.2) is 0 Å². The van der Waals surface area contributed by atoms with Gasteiger partial charge in [-0.05, 0) is 58.7 Å². The Morgan fingerprint density at radius 1 is 1.00 bits per heavy atom. The van der Waals surface area contributed by atoms with Crippen LogP contribution in [0.15, 0.2) is 27.8 Å². The van der Waals surface area contributed by atoms with Crippen LogP contribution in [0.2, 0.25) is 0 Å². The molecule has 0 radical (unpaired) electrons. The van der Waals surface area contributed by atoms with Gasteiger partial charge in [0.2, 0.25) is 0 Å². The summed E-state index contributed by atoms with van der Waals surface area (Å²) in [6, 6.07) is 4.58. The first-order valence-electron chi connectivity index (χ1n) is 8.41. The van der Waals surface area contributed by atoms with E-state index in [4.69, 9.17) is 0 Å². The molecule has 1 fully saturated rings. The summed E-state index contributed by atoms with van der Waals surface area (Å²) < 4.78 is 0. The van der Waals surface area contributed by atoms with Crippen LogP contribution in [0.5, 0.6) is 0 Å². The molecule has 0 atom stereocenters. The molecule has 7 nitrogen and oxygen atoms in total. The molecule has 134 valence electrons. The van der Waals surface area contributed by atoms with Gasteiger partial charge in [-0.2, -0.15) is 0 Å². The Balaban J connectivity index is 1.86. The lowest BCUT2D eigenvalue weighted by Gasteiger charge is -2.46. The van der Waals surface area contributed by atoms with Crippen LogP contribution in [0.3, 0.4) is 0 Å². The molecule has 25 heavy (non-hydrogen) atoms. The van der Waals surface area contributed by atoms with Gasteiger partial charge in [0.05, 0.1) is 10.8 Å². The van der Waals surface area contributed by atoms with Gasteiger partial charge < -0.3 is 10.6 Å². The number of hydrogen-bond donors (Lipinski definition) is 4. The maximum Gasteiger partial charge on any atom is 0.270 e. The fourth-order valence-electron chi connectivity index (χ4n) is 4.01. The van der Waals surface area contributed by atoms with Gasteiger partial charge in [0.25, 0.3) is 17.0 Å². The zero-order chi connectivity index (χ0) is 18.4. The van der Waals surface area contributed by atoms with Crippen molar-refractivity contribution in [1.29, 1.82) is 0 Å². The highest BCUT2D eigenvalue weighted by Gasteiger charge is 2.38. The normalized spacial score (nSPS) is 19.7. The lowest BCUT2D eigenvalue weighted by molar-refractivity contribution is 0.0873. The van der Waals surface area contributed by atoms with E-state index in [0.717, 1.165) is 12.8 Å². The van der Waals surface area contributed by atoms with Crippen LogP contribution in [-0.4, -0.2) is 33.2 Å². The topological polar surface area (TPSA) is 107 Å². The van der Waals surface area contributed by atoms with Gasteiger partial charge in [-0.1, -0.05) is 0 Å². The smallest absolute Gasteiger partial charge is 0.270 e. The number of nitrogens with one attached hydrogen (secondary N) is 4. The fraction of sp³-hybridized carbons (Fsp3) is 0.500. The van der Waals surface area contributed by atoms with Crippen LogP contribution in [0.1, 0.15) is 50.9 Å². The average Bonchev–Trinajstić information content (AvgIpc) is 2.47. The van der Waals surface area contributed by atoms with Crippen molar-refractivity contribution in [1.82, 2.24) is 20.8 Å². The summed E-state index contributed by atoms with van der Waals surface area (Å²) in [5, 5.41) is 11.7. The molecular weight excluding hydrogens is 320 g/mol. The van der Waals surface area contributed by atoms with Crippen LogP contribution in [0, 0.1) is 0 Å². The fourth-order valence-corrected chi connectivity index (χ4v) is 4.01. The van der Waals surface area contributed by atoms with Crippen molar-refractivity contribution in [3.05, 3.63) is 44.5 Å². The molecule has 0 aliphatic carbocycles. The third-order valence-corrected chi connectivity index (χ3v) is 4.59. The molecular formula is C18H24N4O3. The van der Waals surface area contributed by atoms with Crippen LogP contribution < -0.4 is 21.8 Å². The van der Waals surface area contributed by atoms with Crippen molar-refractivity contribution < 1.29 is 4.79 Å². The maximum absolute atomic E-state index is 12.6. The number of rotatable bonds is 2. The Hall–Kier alpha value is -2.41. The number of aromatic amines is 2. The van der Waals surface area contributed by atoms with Crippen LogP contribution in [0.4, 0.5) is 0 Å². The van der Waals surface area contributed by atoms with Crippen molar-refractivity contribution in [2.45, 2.75) is 57.7 Å². The Bertz CT molecular complexity index is 923. The predicted molar refractivity (Wildman–Crippen MR) is 97.0 cm³/mol. The molecule has 3 rings (SSSR count). The van der Waals surface area contributed by atoms with E-state index >= 15 is 0 Å². The number of amides is 1. The maximum atomic E-state index is 12.6. The molecule has 0 bridgehead atoms. The average molecular weight is 344 g/mol. The summed E-state index contributed by atoms with van der Waals surface area (Å²) in [5.41, 5.74) is -0.587. The second-order valence-electron chi connectivity index (χ2n) is 8.14. The van der Waals surface area contributed by atoms with E-state index < -0.39 is 5.56 Å². The first-order valence-corrected chi connectivity index (χ1v) is 8.41. The molecule has 0 saturated carbocycles. The Kier molecular flexibility index (Phi) is 4.07. The highest BCUT2D eigenvalue weighted by atomic mass is 16.2. The number of carbonyl (C=O) groups excluding carboxylic acids is 1. The minimum absolute atomic E-state index is 0.0342. The summed E-state index contributed by atoms with van der Waals surface area (Å²) in [6.07, 6.45) is 1.63. The molecule has 1 saturated heterocycles. The molecule has 1 aromatic heterocycles. The summed E-state index contributed by atoms with van der Waals surface area (Å²) in [4.78, 5) is 36.3. The van der Waals surface area contributed by atoms with Crippen molar-refractivity contribution in [3.8, 4) is 0 Å². The molecule has 1 aliphatic rings. The summed E-state index contributed by atoms with van der Waals surface area (Å²) in [5.74, 6) is -0.236. The minimum Gasteiger partial charge on any atom is -0.349 e. The van der Waals surface area contributed by atoms with E-state index in [-0.39, 0.29) is 39.4 Å². The summed E-state index contributed by atoms with van der Waals surface area (Å²) in [6.45, 7) is 8.48. The largest absolute Gasteiger partial charge is 0.349 e. The van der Waals surface area contributed by atoms with E-state index in [0.29, 0.717) is 5.56 Å². The first-order chi connectivity index (χ1) is 11.6. The standard InChI is InChI=1S/C18H24N4O3/c1-17(2)8-11(9-18(3,4)22-17)19-14(23)10-5-6-12-13(7-10)16(25)21-20-15(12)24/h5-7,11,22H,8-9H2,1-4H3,(H,19,23)(H,20,24)(H,21,25). The van der Waals surface area contributed by atoms with Crippen molar-refractivity contribution in [2.24, 2.45) is 0 Å². The van der Waals surface area contributed by atoms with Crippen molar-refractivity contribution in [2.75, 3.05) is 0 Å². The third kappa shape index (κ3) is 3.66. The lowest BCUT2D eigenvalue weighted by Crippen LogP contribution is -2.62. The van der Waals surface area contributed by atoms with Crippen molar-refractivity contribution >= 4 is 16.7 Å². The molecule has 2 heterocycles. The van der Waals surface area contributed by atoms with Crippen LogP contribution in [-0.2, 0) is 0 Å². The van der Waals surface area contributed by atoms with E-state index in [1.165, 1.54) is 12.1 Å². The number of H-pyrrole nitrogens is 2. The van der Waals surface area contributed by atoms with E-state index in [1.807, 2.05) is 0 Å². The van der Waals surface area contributed by atoms with E-state index in [2.05, 4.69) is 48.5 Å². The monoisotopic (exact) mass is 344 g/mol. The molecule has 1 amide bonds.